The van der Waals surface area contributed by atoms with Crippen LogP contribution in [0.15, 0.2) is 23.4 Å². The summed E-state index contributed by atoms with van der Waals surface area (Å²) in [6.07, 6.45) is 6.57. The van der Waals surface area contributed by atoms with Crippen molar-refractivity contribution in [3.05, 3.63) is 34.0 Å². The van der Waals surface area contributed by atoms with E-state index in [2.05, 4.69) is 25.5 Å². The Labute approximate surface area is 115 Å². The molecule has 0 saturated carbocycles. The van der Waals surface area contributed by atoms with E-state index in [9.17, 15) is 4.79 Å². The molecular formula is C12H17N5OS. The average Bonchev–Trinajstić information content (AvgIpc) is 3.08. The first-order valence-corrected chi connectivity index (χ1v) is 7.33. The molecule has 0 aliphatic carbocycles. The van der Waals surface area contributed by atoms with E-state index in [4.69, 9.17) is 0 Å². The quantitative estimate of drug-likeness (QED) is 0.903. The fourth-order valence-electron chi connectivity index (χ4n) is 2.58. The highest BCUT2D eigenvalue weighted by Gasteiger charge is 2.21. The molecule has 1 fully saturated rings. The Bertz CT molecular complexity index is 553. The molecule has 0 radical (unpaired) electrons. The lowest BCUT2D eigenvalue weighted by Gasteiger charge is -2.31. The second kappa shape index (κ2) is 5.66. The standard InChI is InChI=1S/C12H17N5OS/c18-12-15-13-9-17(12)10-2-6-16(7-3-10)8-4-11-1-5-14-19-11/h1,5,9-10H,2-4,6-8H2,(H,15,18). The van der Waals surface area contributed by atoms with Crippen molar-refractivity contribution in [3.8, 4) is 0 Å². The first-order valence-electron chi connectivity index (χ1n) is 6.56. The van der Waals surface area contributed by atoms with Crippen molar-refractivity contribution in [2.45, 2.75) is 25.3 Å². The van der Waals surface area contributed by atoms with Crippen LogP contribution in [0.3, 0.4) is 0 Å². The summed E-state index contributed by atoms with van der Waals surface area (Å²) in [4.78, 5) is 15.3. The molecule has 2 aromatic heterocycles. The summed E-state index contributed by atoms with van der Waals surface area (Å²) in [6, 6.07) is 2.38. The fraction of sp³-hybridized carbons (Fsp3) is 0.583. The van der Waals surface area contributed by atoms with Crippen molar-refractivity contribution < 1.29 is 0 Å². The van der Waals surface area contributed by atoms with E-state index < -0.39 is 0 Å². The number of aromatic nitrogens is 4. The van der Waals surface area contributed by atoms with Gasteiger partial charge >= 0.3 is 5.69 Å². The maximum atomic E-state index is 11.5. The summed E-state index contributed by atoms with van der Waals surface area (Å²) in [7, 11) is 0. The molecule has 0 amide bonds. The molecule has 1 saturated heterocycles. The molecule has 1 aliphatic heterocycles. The Balaban J connectivity index is 1.50. The minimum Gasteiger partial charge on any atom is -0.303 e. The minimum absolute atomic E-state index is 0.0943. The number of likely N-dealkylation sites (tertiary alicyclic amines) is 1. The van der Waals surface area contributed by atoms with Gasteiger partial charge in [0.05, 0.1) is 0 Å². The predicted octanol–water partition coefficient (Wildman–Crippen LogP) is 0.907. The third-order valence-corrected chi connectivity index (χ3v) is 4.49. The number of nitrogens with zero attached hydrogens (tertiary/aromatic N) is 4. The maximum Gasteiger partial charge on any atom is 0.343 e. The van der Waals surface area contributed by atoms with Gasteiger partial charge in [0, 0.05) is 36.8 Å². The summed E-state index contributed by atoms with van der Waals surface area (Å²) in [5.74, 6) is 0. The van der Waals surface area contributed by atoms with Gasteiger partial charge in [0.15, 0.2) is 0 Å². The van der Waals surface area contributed by atoms with Crippen LogP contribution in [0.25, 0.3) is 0 Å². The van der Waals surface area contributed by atoms with Crippen LogP contribution < -0.4 is 5.69 Å². The fourth-order valence-corrected chi connectivity index (χ4v) is 3.14. The highest BCUT2D eigenvalue weighted by Crippen LogP contribution is 2.20. The van der Waals surface area contributed by atoms with Gasteiger partial charge in [-0.3, -0.25) is 4.57 Å². The lowest BCUT2D eigenvalue weighted by molar-refractivity contribution is 0.187. The molecule has 3 heterocycles. The average molecular weight is 279 g/mol. The van der Waals surface area contributed by atoms with Crippen LogP contribution in [0.2, 0.25) is 0 Å². The Morgan fingerprint density at radius 2 is 2.26 bits per heavy atom. The lowest BCUT2D eigenvalue weighted by atomic mass is 10.0. The number of nitrogens with one attached hydrogen (secondary N) is 1. The Morgan fingerprint density at radius 1 is 1.42 bits per heavy atom. The van der Waals surface area contributed by atoms with Gasteiger partial charge in [-0.25, -0.2) is 14.3 Å². The Morgan fingerprint density at radius 3 is 2.89 bits per heavy atom. The third kappa shape index (κ3) is 2.93. The van der Waals surface area contributed by atoms with Crippen LogP contribution in [-0.4, -0.2) is 43.7 Å². The molecule has 1 aliphatic rings. The zero-order valence-electron chi connectivity index (χ0n) is 10.7. The number of aromatic amines is 1. The van der Waals surface area contributed by atoms with Crippen LogP contribution >= 0.6 is 11.5 Å². The zero-order chi connectivity index (χ0) is 13.1. The molecule has 0 spiro atoms. The molecule has 102 valence electrons. The molecule has 0 aromatic carbocycles. The molecule has 3 rings (SSSR count). The van der Waals surface area contributed by atoms with E-state index >= 15 is 0 Å². The van der Waals surface area contributed by atoms with Gasteiger partial charge in [0.2, 0.25) is 0 Å². The number of H-pyrrole nitrogens is 1. The van der Waals surface area contributed by atoms with Crippen molar-refractivity contribution in [2.24, 2.45) is 0 Å². The lowest BCUT2D eigenvalue weighted by Crippen LogP contribution is -2.37. The Kier molecular flexibility index (Phi) is 3.74. The second-order valence-electron chi connectivity index (χ2n) is 4.87. The molecule has 19 heavy (non-hydrogen) atoms. The van der Waals surface area contributed by atoms with E-state index in [1.807, 2.05) is 6.20 Å². The number of hydrogen-bond acceptors (Lipinski definition) is 5. The summed E-state index contributed by atoms with van der Waals surface area (Å²) in [5.41, 5.74) is -0.0943. The number of rotatable bonds is 4. The smallest absolute Gasteiger partial charge is 0.303 e. The zero-order valence-corrected chi connectivity index (χ0v) is 11.5. The summed E-state index contributed by atoms with van der Waals surface area (Å²) < 4.78 is 5.84. The topological polar surface area (TPSA) is 66.8 Å². The Hall–Kier alpha value is -1.47. The van der Waals surface area contributed by atoms with Crippen LogP contribution in [0.1, 0.15) is 23.8 Å². The van der Waals surface area contributed by atoms with Crippen molar-refractivity contribution in [1.29, 1.82) is 0 Å². The van der Waals surface area contributed by atoms with Crippen molar-refractivity contribution >= 4 is 11.5 Å². The normalized spacial score (nSPS) is 17.9. The largest absolute Gasteiger partial charge is 0.343 e. The summed E-state index contributed by atoms with van der Waals surface area (Å²) in [5, 5.41) is 6.25. The summed E-state index contributed by atoms with van der Waals surface area (Å²) in [6.45, 7) is 3.16. The van der Waals surface area contributed by atoms with E-state index in [1.165, 1.54) is 4.88 Å². The molecule has 2 aromatic rings. The molecule has 7 heteroatoms. The van der Waals surface area contributed by atoms with Crippen LogP contribution in [0.4, 0.5) is 0 Å². The van der Waals surface area contributed by atoms with Gasteiger partial charge in [-0.2, -0.15) is 5.10 Å². The molecule has 6 nitrogen and oxygen atoms in total. The highest BCUT2D eigenvalue weighted by atomic mass is 32.1. The maximum absolute atomic E-state index is 11.5. The monoisotopic (exact) mass is 279 g/mol. The predicted molar refractivity (Wildman–Crippen MR) is 73.4 cm³/mol. The van der Waals surface area contributed by atoms with Gasteiger partial charge in [0.1, 0.15) is 6.33 Å². The van der Waals surface area contributed by atoms with E-state index in [1.54, 1.807) is 22.4 Å². The van der Waals surface area contributed by atoms with Crippen molar-refractivity contribution in [1.82, 2.24) is 24.0 Å². The molecule has 0 atom stereocenters. The van der Waals surface area contributed by atoms with Gasteiger partial charge in [0.25, 0.3) is 0 Å². The van der Waals surface area contributed by atoms with E-state index in [0.717, 1.165) is 38.9 Å². The highest BCUT2D eigenvalue weighted by molar-refractivity contribution is 7.05. The van der Waals surface area contributed by atoms with Crippen molar-refractivity contribution in [2.75, 3.05) is 19.6 Å². The minimum atomic E-state index is -0.0943. The van der Waals surface area contributed by atoms with Crippen LogP contribution in [0.5, 0.6) is 0 Å². The molecule has 0 bridgehead atoms. The van der Waals surface area contributed by atoms with E-state index in [-0.39, 0.29) is 5.69 Å². The summed E-state index contributed by atoms with van der Waals surface area (Å²) >= 11 is 1.58. The number of piperidine rings is 1. The van der Waals surface area contributed by atoms with Gasteiger partial charge in [-0.1, -0.05) is 0 Å². The number of hydrogen-bond donors (Lipinski definition) is 1. The van der Waals surface area contributed by atoms with Gasteiger partial charge < -0.3 is 4.90 Å². The van der Waals surface area contributed by atoms with E-state index in [0.29, 0.717) is 6.04 Å². The first-order chi connectivity index (χ1) is 9.33. The SMILES string of the molecule is O=c1[nH]ncn1C1CCN(CCc2ccns2)CC1. The second-order valence-corrected chi connectivity index (χ2v) is 5.79. The van der Waals surface area contributed by atoms with Gasteiger partial charge in [-0.05, 0) is 36.9 Å². The van der Waals surface area contributed by atoms with Crippen molar-refractivity contribution in [3.63, 3.8) is 0 Å². The molecular weight excluding hydrogens is 262 g/mol. The molecule has 1 N–H and O–H groups in total. The van der Waals surface area contributed by atoms with Crippen LogP contribution in [-0.2, 0) is 6.42 Å². The first kappa shape index (κ1) is 12.6. The van der Waals surface area contributed by atoms with Gasteiger partial charge in [-0.15, -0.1) is 0 Å². The third-order valence-electron chi connectivity index (χ3n) is 3.69. The van der Waals surface area contributed by atoms with Crippen LogP contribution in [0, 0.1) is 0 Å². The molecule has 0 unspecified atom stereocenters.